The topological polar surface area (TPSA) is 74.1 Å². The van der Waals surface area contributed by atoms with Crippen molar-refractivity contribution in [3.05, 3.63) is 81.9 Å². The van der Waals surface area contributed by atoms with Crippen molar-refractivity contribution in [1.82, 2.24) is 5.23 Å². The Labute approximate surface area is 175 Å². The first kappa shape index (κ1) is 19.6. The molecule has 6 atom stereocenters. The Balaban J connectivity index is 1.66. The summed E-state index contributed by atoms with van der Waals surface area (Å²) >= 11 is 0. The minimum absolute atomic E-state index is 0.0182. The van der Waals surface area contributed by atoms with Gasteiger partial charge in [0.1, 0.15) is 5.92 Å². The summed E-state index contributed by atoms with van der Waals surface area (Å²) in [5.41, 5.74) is 2.02. The lowest BCUT2D eigenvalue weighted by atomic mass is 9.66. The van der Waals surface area contributed by atoms with Crippen LogP contribution in [0.5, 0.6) is 0 Å². The fourth-order valence-electron chi connectivity index (χ4n) is 5.68. The summed E-state index contributed by atoms with van der Waals surface area (Å²) < 4.78 is 5.97. The summed E-state index contributed by atoms with van der Waals surface area (Å²) in [4.78, 5) is 23.8. The van der Waals surface area contributed by atoms with E-state index in [4.69, 9.17) is 14.4 Å². The number of nitrogens with zero attached hydrogens (tertiary/aromatic N) is 2. The van der Waals surface area contributed by atoms with Gasteiger partial charge in [0, 0.05) is 25.4 Å². The molecule has 158 valence electrons. The Kier molecular flexibility index (Phi) is 5.06. The molecule has 2 aromatic carbocycles. The molecule has 2 aromatic rings. The summed E-state index contributed by atoms with van der Waals surface area (Å²) in [6.45, 7) is 0. The first-order valence-corrected chi connectivity index (χ1v) is 10.6. The van der Waals surface area contributed by atoms with Gasteiger partial charge in [-0.05, 0) is 24.0 Å². The molecule has 1 aliphatic carbocycles. The summed E-state index contributed by atoms with van der Waals surface area (Å²) in [7, 11) is 1.66. The number of methoxy groups -OCH3 is 1. The number of nitro groups is 1. The lowest BCUT2D eigenvalue weighted by Gasteiger charge is -2.53. The molecule has 5 rings (SSSR count). The molecule has 0 bridgehead atoms. The average Bonchev–Trinajstić information content (AvgIpc) is 3.17. The molecule has 0 spiro atoms. The molecule has 2 heterocycles. The van der Waals surface area contributed by atoms with Gasteiger partial charge in [-0.15, -0.1) is 0 Å². The van der Waals surface area contributed by atoms with Crippen molar-refractivity contribution >= 4 is 0 Å². The maximum absolute atomic E-state index is 12.0. The van der Waals surface area contributed by atoms with Crippen molar-refractivity contribution in [1.29, 1.82) is 0 Å². The SMILES string of the molecule is COC12CCCCC1[C@@H](c1ccccc1)C1C(c3ccccc3)C([N+](=O)[O-])ON1O2. The lowest BCUT2D eigenvalue weighted by Crippen LogP contribution is -2.60. The van der Waals surface area contributed by atoms with Gasteiger partial charge in [-0.1, -0.05) is 72.3 Å². The molecule has 5 unspecified atom stereocenters. The predicted molar refractivity (Wildman–Crippen MR) is 109 cm³/mol. The van der Waals surface area contributed by atoms with E-state index < -0.39 is 17.9 Å². The van der Waals surface area contributed by atoms with Crippen LogP contribution in [0.4, 0.5) is 0 Å². The highest BCUT2D eigenvalue weighted by molar-refractivity contribution is 5.30. The molecule has 2 saturated heterocycles. The van der Waals surface area contributed by atoms with Crippen molar-refractivity contribution in [3.8, 4) is 0 Å². The number of rotatable bonds is 4. The van der Waals surface area contributed by atoms with Crippen LogP contribution in [0, 0.1) is 16.0 Å². The maximum atomic E-state index is 12.0. The molecule has 1 saturated carbocycles. The zero-order chi connectivity index (χ0) is 20.7. The fraction of sp³-hybridized carbons (Fsp3) is 0.478. The molecule has 7 heteroatoms. The van der Waals surface area contributed by atoms with E-state index in [0.717, 1.165) is 36.8 Å². The second-order valence-corrected chi connectivity index (χ2v) is 8.39. The Morgan fingerprint density at radius 3 is 2.27 bits per heavy atom. The van der Waals surface area contributed by atoms with E-state index in [1.165, 1.54) is 5.23 Å². The quantitative estimate of drug-likeness (QED) is 0.554. The number of benzene rings is 2. The summed E-state index contributed by atoms with van der Waals surface area (Å²) in [6, 6.07) is 19.5. The highest BCUT2D eigenvalue weighted by Gasteiger charge is 2.65. The Bertz CT molecular complexity index is 895. The number of hydrogen-bond acceptors (Lipinski definition) is 6. The molecule has 30 heavy (non-hydrogen) atoms. The molecule has 0 amide bonds. The molecule has 7 nitrogen and oxygen atoms in total. The normalized spacial score (nSPS) is 36.1. The average molecular weight is 410 g/mol. The van der Waals surface area contributed by atoms with E-state index in [9.17, 15) is 10.1 Å². The van der Waals surface area contributed by atoms with Crippen LogP contribution in [0.3, 0.4) is 0 Å². The minimum atomic E-state index is -1.21. The third-order valence-corrected chi connectivity index (χ3v) is 6.95. The molecule has 0 radical (unpaired) electrons. The van der Waals surface area contributed by atoms with Crippen molar-refractivity contribution in [2.45, 2.75) is 55.6 Å². The van der Waals surface area contributed by atoms with Crippen molar-refractivity contribution in [2.75, 3.05) is 7.11 Å². The van der Waals surface area contributed by atoms with Crippen LogP contribution in [-0.4, -0.2) is 35.3 Å². The van der Waals surface area contributed by atoms with E-state index >= 15 is 0 Å². The van der Waals surface area contributed by atoms with Gasteiger partial charge in [-0.2, -0.15) is 4.84 Å². The largest absolute Gasteiger partial charge is 0.351 e. The lowest BCUT2D eigenvalue weighted by molar-refractivity contribution is -0.613. The number of fused-ring (bicyclic) bond motifs is 2. The Morgan fingerprint density at radius 2 is 1.67 bits per heavy atom. The first-order chi connectivity index (χ1) is 14.6. The molecule has 3 fully saturated rings. The molecule has 2 aliphatic heterocycles. The van der Waals surface area contributed by atoms with Gasteiger partial charge >= 0.3 is 6.23 Å². The number of hydroxylamine groups is 2. The monoisotopic (exact) mass is 410 g/mol. The summed E-state index contributed by atoms with van der Waals surface area (Å²) in [5.74, 6) is -1.22. The summed E-state index contributed by atoms with van der Waals surface area (Å²) in [6.07, 6.45) is 2.55. The van der Waals surface area contributed by atoms with E-state index in [1.54, 1.807) is 7.11 Å². The van der Waals surface area contributed by atoms with Gasteiger partial charge in [-0.3, -0.25) is 10.1 Å². The molecule has 0 N–H and O–H groups in total. The zero-order valence-electron chi connectivity index (χ0n) is 16.9. The van der Waals surface area contributed by atoms with E-state index in [1.807, 2.05) is 48.5 Å². The van der Waals surface area contributed by atoms with Gasteiger partial charge in [0.05, 0.1) is 11.0 Å². The van der Waals surface area contributed by atoms with Crippen molar-refractivity contribution < 1.29 is 19.3 Å². The smallest absolute Gasteiger partial charge is 0.341 e. The predicted octanol–water partition coefficient (Wildman–Crippen LogP) is 4.25. The maximum Gasteiger partial charge on any atom is 0.341 e. The third kappa shape index (κ3) is 3.04. The van der Waals surface area contributed by atoms with Gasteiger partial charge in [0.2, 0.25) is 0 Å². The third-order valence-electron chi connectivity index (χ3n) is 6.95. The highest BCUT2D eigenvalue weighted by atomic mass is 17.0. The molecule has 0 aromatic heterocycles. The minimum Gasteiger partial charge on any atom is -0.351 e. The molecule has 3 aliphatic rings. The van der Waals surface area contributed by atoms with Crippen LogP contribution in [0.25, 0.3) is 0 Å². The van der Waals surface area contributed by atoms with Gasteiger partial charge in [0.25, 0.3) is 0 Å². The van der Waals surface area contributed by atoms with Crippen molar-refractivity contribution in [2.24, 2.45) is 5.92 Å². The summed E-state index contributed by atoms with van der Waals surface area (Å²) in [5, 5.41) is 13.4. The van der Waals surface area contributed by atoms with E-state index in [-0.39, 0.29) is 22.8 Å². The van der Waals surface area contributed by atoms with E-state index in [0.29, 0.717) is 0 Å². The number of ether oxygens (including phenoxy) is 1. The first-order valence-electron chi connectivity index (χ1n) is 10.6. The van der Waals surface area contributed by atoms with Crippen LogP contribution in [0.15, 0.2) is 60.7 Å². The van der Waals surface area contributed by atoms with Crippen LogP contribution in [-0.2, 0) is 14.4 Å². The van der Waals surface area contributed by atoms with Gasteiger partial charge < -0.3 is 4.74 Å². The molecular formula is C23H26N2O5. The second kappa shape index (κ2) is 7.74. The van der Waals surface area contributed by atoms with Crippen LogP contribution in [0.2, 0.25) is 0 Å². The Morgan fingerprint density at radius 1 is 1.03 bits per heavy atom. The van der Waals surface area contributed by atoms with Crippen LogP contribution < -0.4 is 0 Å². The van der Waals surface area contributed by atoms with Crippen molar-refractivity contribution in [3.63, 3.8) is 0 Å². The van der Waals surface area contributed by atoms with E-state index in [2.05, 4.69) is 12.1 Å². The van der Waals surface area contributed by atoms with Gasteiger partial charge in [-0.25, -0.2) is 4.84 Å². The second-order valence-electron chi connectivity index (χ2n) is 8.39. The Hall–Kier alpha value is -2.32. The van der Waals surface area contributed by atoms with Crippen LogP contribution >= 0.6 is 0 Å². The highest BCUT2D eigenvalue weighted by Crippen LogP contribution is 2.57. The fourth-order valence-corrected chi connectivity index (χ4v) is 5.68. The number of hydrogen-bond donors (Lipinski definition) is 0. The van der Waals surface area contributed by atoms with Gasteiger partial charge in [0.15, 0.2) is 5.79 Å². The molecular weight excluding hydrogens is 384 g/mol. The van der Waals surface area contributed by atoms with Crippen LogP contribution in [0.1, 0.15) is 48.6 Å². The zero-order valence-corrected chi connectivity index (χ0v) is 16.9. The standard InChI is InChI=1S/C23H26N2O5/c1-28-23-15-9-8-14-18(23)19(16-10-4-2-5-11-16)21-20(17-12-6-3-7-13-17)22(24(26)27)29-25(21)30-23/h2-7,10-13,18-22H,8-9,14-15H2,1H3/t18?,19-,20?,21?,22?,23?/m1/s1.